The van der Waals surface area contributed by atoms with Gasteiger partial charge in [0.25, 0.3) is 11.8 Å². The first-order chi connectivity index (χ1) is 15.4. The third kappa shape index (κ3) is 5.96. The van der Waals surface area contributed by atoms with Crippen LogP contribution in [0.5, 0.6) is 5.75 Å². The van der Waals surface area contributed by atoms with E-state index < -0.39 is 0 Å². The van der Waals surface area contributed by atoms with Crippen molar-refractivity contribution in [1.82, 2.24) is 0 Å². The number of halogens is 1. The molecule has 0 saturated heterocycles. The minimum atomic E-state index is -0.333. The van der Waals surface area contributed by atoms with Crippen molar-refractivity contribution in [2.75, 3.05) is 31.0 Å². The van der Waals surface area contributed by atoms with Gasteiger partial charge in [0, 0.05) is 18.4 Å². The Labute approximate surface area is 196 Å². The fraction of sp³-hybridized carbons (Fsp3) is 0.200. The van der Waals surface area contributed by atoms with Gasteiger partial charge >= 0.3 is 0 Å². The molecule has 0 fully saturated rings. The van der Waals surface area contributed by atoms with Gasteiger partial charge in [0.05, 0.1) is 22.3 Å². The van der Waals surface area contributed by atoms with Crippen LogP contribution in [-0.4, -0.2) is 32.1 Å². The first kappa shape index (κ1) is 23.5. The van der Waals surface area contributed by atoms with Crippen LogP contribution in [0.3, 0.4) is 0 Å². The first-order valence-corrected chi connectivity index (χ1v) is 10.9. The van der Waals surface area contributed by atoms with Crippen molar-refractivity contribution >= 4 is 39.1 Å². The molecule has 3 rings (SSSR count). The van der Waals surface area contributed by atoms with Crippen LogP contribution in [0.25, 0.3) is 0 Å². The Morgan fingerprint density at radius 1 is 0.875 bits per heavy atom. The number of nitrogens with one attached hydrogen (secondary N) is 2. The first-order valence-electron chi connectivity index (χ1n) is 10.1. The highest BCUT2D eigenvalue weighted by Crippen LogP contribution is 2.27. The van der Waals surface area contributed by atoms with Crippen LogP contribution in [0.15, 0.2) is 65.1 Å². The Balaban J connectivity index is 1.74. The SMILES string of the molecule is COCCOc1ccc(C(=O)Nc2ccccc2C(=O)Nc2ccc(C)c(C)c2)cc1Br. The molecule has 0 spiro atoms. The minimum Gasteiger partial charge on any atom is -0.490 e. The standard InChI is InChI=1S/C25H25BrN2O4/c1-16-8-10-19(14-17(16)2)27-25(30)20-6-4-5-7-22(20)28-24(29)18-9-11-23(21(26)15-18)32-13-12-31-3/h4-11,14-15H,12-13H2,1-3H3,(H,27,30)(H,28,29). The lowest BCUT2D eigenvalue weighted by Gasteiger charge is -2.13. The molecular weight excluding hydrogens is 472 g/mol. The van der Waals surface area contributed by atoms with Gasteiger partial charge in [-0.1, -0.05) is 18.2 Å². The van der Waals surface area contributed by atoms with Crippen molar-refractivity contribution in [2.24, 2.45) is 0 Å². The number of para-hydroxylation sites is 1. The van der Waals surface area contributed by atoms with E-state index in [-0.39, 0.29) is 11.8 Å². The summed E-state index contributed by atoms with van der Waals surface area (Å²) in [5.74, 6) is -0.0143. The molecule has 0 heterocycles. The summed E-state index contributed by atoms with van der Waals surface area (Å²) in [5, 5.41) is 5.73. The fourth-order valence-electron chi connectivity index (χ4n) is 3.00. The lowest BCUT2D eigenvalue weighted by molar-refractivity contribution is 0.102. The lowest BCUT2D eigenvalue weighted by atomic mass is 10.1. The number of carbonyl (C=O) groups is 2. The van der Waals surface area contributed by atoms with E-state index in [9.17, 15) is 9.59 Å². The second-order valence-electron chi connectivity index (χ2n) is 7.24. The molecule has 0 aliphatic rings. The Bertz CT molecular complexity index is 1130. The van der Waals surface area contributed by atoms with Gasteiger partial charge in [-0.3, -0.25) is 9.59 Å². The number of methoxy groups -OCH3 is 1. The Morgan fingerprint density at radius 3 is 2.38 bits per heavy atom. The molecule has 3 aromatic rings. The van der Waals surface area contributed by atoms with Crippen LogP contribution < -0.4 is 15.4 Å². The predicted molar refractivity (Wildman–Crippen MR) is 130 cm³/mol. The molecule has 0 radical (unpaired) electrons. The van der Waals surface area contributed by atoms with Crippen LogP contribution in [0.1, 0.15) is 31.8 Å². The average Bonchev–Trinajstić information content (AvgIpc) is 2.77. The van der Waals surface area contributed by atoms with Gasteiger partial charge in [-0.2, -0.15) is 0 Å². The summed E-state index contributed by atoms with van der Waals surface area (Å²) in [6.07, 6.45) is 0. The van der Waals surface area contributed by atoms with Crippen molar-refractivity contribution < 1.29 is 19.1 Å². The van der Waals surface area contributed by atoms with E-state index in [4.69, 9.17) is 9.47 Å². The molecule has 32 heavy (non-hydrogen) atoms. The molecule has 0 aromatic heterocycles. The number of benzene rings is 3. The van der Waals surface area contributed by atoms with Gasteiger partial charge in [0.1, 0.15) is 12.4 Å². The van der Waals surface area contributed by atoms with Crippen molar-refractivity contribution in [3.05, 3.63) is 87.4 Å². The van der Waals surface area contributed by atoms with Crippen molar-refractivity contribution in [2.45, 2.75) is 13.8 Å². The molecule has 0 atom stereocenters. The molecule has 0 saturated carbocycles. The molecule has 0 bridgehead atoms. The summed E-state index contributed by atoms with van der Waals surface area (Å²) in [7, 11) is 1.60. The van der Waals surface area contributed by atoms with E-state index in [1.165, 1.54) is 0 Å². The highest BCUT2D eigenvalue weighted by atomic mass is 79.9. The fourth-order valence-corrected chi connectivity index (χ4v) is 3.49. The number of rotatable bonds is 8. The molecule has 166 valence electrons. The molecule has 0 unspecified atom stereocenters. The molecule has 3 aromatic carbocycles. The molecular formula is C25H25BrN2O4. The normalized spacial score (nSPS) is 10.5. The number of carbonyl (C=O) groups excluding carboxylic acids is 2. The van der Waals surface area contributed by atoms with E-state index in [2.05, 4.69) is 26.6 Å². The maximum absolute atomic E-state index is 12.9. The second-order valence-corrected chi connectivity index (χ2v) is 8.09. The average molecular weight is 497 g/mol. The summed E-state index contributed by atoms with van der Waals surface area (Å²) in [4.78, 5) is 25.7. The maximum Gasteiger partial charge on any atom is 0.257 e. The smallest absolute Gasteiger partial charge is 0.257 e. The quantitative estimate of drug-likeness (QED) is 0.398. The summed E-state index contributed by atoms with van der Waals surface area (Å²) in [6, 6.07) is 17.7. The molecule has 0 aliphatic heterocycles. The van der Waals surface area contributed by atoms with Crippen LogP contribution >= 0.6 is 15.9 Å². The number of ether oxygens (including phenoxy) is 2. The molecule has 7 heteroatoms. The van der Waals surface area contributed by atoms with Crippen molar-refractivity contribution in [1.29, 1.82) is 0 Å². The van der Waals surface area contributed by atoms with E-state index in [1.807, 2.05) is 32.0 Å². The third-order valence-electron chi connectivity index (χ3n) is 4.92. The molecule has 6 nitrogen and oxygen atoms in total. The molecule has 2 N–H and O–H groups in total. The topological polar surface area (TPSA) is 76.7 Å². The van der Waals surface area contributed by atoms with Gasteiger partial charge in [0.2, 0.25) is 0 Å². The van der Waals surface area contributed by atoms with E-state index in [0.29, 0.717) is 45.9 Å². The van der Waals surface area contributed by atoms with Crippen molar-refractivity contribution in [3.63, 3.8) is 0 Å². The van der Waals surface area contributed by atoms with Crippen LogP contribution in [-0.2, 0) is 4.74 Å². The van der Waals surface area contributed by atoms with Gasteiger partial charge in [-0.25, -0.2) is 0 Å². The molecule has 2 amide bonds. The van der Waals surface area contributed by atoms with Gasteiger partial charge < -0.3 is 20.1 Å². The number of anilines is 2. The summed E-state index contributed by atoms with van der Waals surface area (Å²) < 4.78 is 11.2. The van der Waals surface area contributed by atoms with Crippen LogP contribution in [0, 0.1) is 13.8 Å². The highest BCUT2D eigenvalue weighted by Gasteiger charge is 2.15. The summed E-state index contributed by atoms with van der Waals surface area (Å²) >= 11 is 3.43. The zero-order valence-corrected chi connectivity index (χ0v) is 19.8. The highest BCUT2D eigenvalue weighted by molar-refractivity contribution is 9.10. The number of aryl methyl sites for hydroxylation is 2. The van der Waals surface area contributed by atoms with Gasteiger partial charge in [0.15, 0.2) is 0 Å². The number of amides is 2. The van der Waals surface area contributed by atoms with Gasteiger partial charge in [-0.15, -0.1) is 0 Å². The van der Waals surface area contributed by atoms with Crippen LogP contribution in [0.4, 0.5) is 11.4 Å². The summed E-state index contributed by atoms with van der Waals surface area (Å²) in [6.45, 7) is 4.88. The van der Waals surface area contributed by atoms with Crippen molar-refractivity contribution in [3.8, 4) is 5.75 Å². The Hall–Kier alpha value is -3.16. The minimum absolute atomic E-state index is 0.299. The Morgan fingerprint density at radius 2 is 1.66 bits per heavy atom. The largest absolute Gasteiger partial charge is 0.490 e. The predicted octanol–water partition coefficient (Wildman–Crippen LogP) is 5.60. The summed E-state index contributed by atoms with van der Waals surface area (Å²) in [5.41, 5.74) is 4.17. The third-order valence-corrected chi connectivity index (χ3v) is 5.54. The van der Waals surface area contributed by atoms with Crippen LogP contribution in [0.2, 0.25) is 0 Å². The molecule has 0 aliphatic carbocycles. The monoisotopic (exact) mass is 496 g/mol. The van der Waals surface area contributed by atoms with Gasteiger partial charge in [-0.05, 0) is 83.4 Å². The number of hydrogen-bond donors (Lipinski definition) is 2. The van der Waals surface area contributed by atoms with E-state index >= 15 is 0 Å². The Kier molecular flexibility index (Phi) is 8.03. The van der Waals surface area contributed by atoms with E-state index in [0.717, 1.165) is 11.1 Å². The number of hydrogen-bond acceptors (Lipinski definition) is 4. The maximum atomic E-state index is 12.9. The second kappa shape index (κ2) is 10.9. The lowest BCUT2D eigenvalue weighted by Crippen LogP contribution is -2.18. The zero-order chi connectivity index (χ0) is 23.1. The van der Waals surface area contributed by atoms with E-state index in [1.54, 1.807) is 49.6 Å². The zero-order valence-electron chi connectivity index (χ0n) is 18.2.